The number of ether oxygens (including phenoxy) is 1. The van der Waals surface area contributed by atoms with E-state index in [1.807, 2.05) is 35.9 Å². The lowest BCUT2D eigenvalue weighted by Gasteiger charge is -2.21. The highest BCUT2D eigenvalue weighted by molar-refractivity contribution is 5.99. The summed E-state index contributed by atoms with van der Waals surface area (Å²) in [4.78, 5) is 17.5. The molecule has 6 nitrogen and oxygen atoms in total. The lowest BCUT2D eigenvalue weighted by atomic mass is 10.0. The number of rotatable bonds is 5. The maximum absolute atomic E-state index is 13.6. The lowest BCUT2D eigenvalue weighted by molar-refractivity contribution is 0.0914. The van der Waals surface area contributed by atoms with Crippen LogP contribution in [0.3, 0.4) is 0 Å². The normalized spacial score (nSPS) is 12.1. The van der Waals surface area contributed by atoms with Gasteiger partial charge >= 0.3 is 0 Å². The first-order chi connectivity index (χ1) is 14.0. The van der Waals surface area contributed by atoms with Crippen LogP contribution in [0, 0.1) is 12.7 Å². The molecule has 0 saturated heterocycles. The van der Waals surface area contributed by atoms with Crippen LogP contribution in [0.25, 0.3) is 11.0 Å². The highest BCUT2D eigenvalue weighted by atomic mass is 19.1. The summed E-state index contributed by atoms with van der Waals surface area (Å²) in [6, 6.07) is 11.0. The number of furan rings is 1. The summed E-state index contributed by atoms with van der Waals surface area (Å²) in [5, 5.41) is 3.56. The van der Waals surface area contributed by atoms with Crippen LogP contribution in [0.1, 0.15) is 33.5 Å². The molecule has 4 aromatic rings. The van der Waals surface area contributed by atoms with E-state index < -0.39 is 11.9 Å². The van der Waals surface area contributed by atoms with Crippen LogP contribution >= 0.6 is 0 Å². The van der Waals surface area contributed by atoms with E-state index in [9.17, 15) is 9.18 Å². The monoisotopic (exact) mass is 393 g/mol. The molecule has 1 atom stereocenters. The summed E-state index contributed by atoms with van der Waals surface area (Å²) in [7, 11) is 3.43. The Bertz CT molecular complexity index is 1200. The number of fused-ring (bicyclic) bond motifs is 1. The van der Waals surface area contributed by atoms with Gasteiger partial charge in [0.25, 0.3) is 5.91 Å². The molecule has 0 saturated carbocycles. The standard InChI is InChI=1S/C22H20FN3O3/c1-13-16-12-14(23)8-9-18(16)29-20(13)22(27)25-19(21-24-10-11-26(21)2)15-6-4-5-7-17(15)28-3/h4-12,19H,1-3H3,(H,25,27)/t19-/m1/s1. The van der Waals surface area contributed by atoms with Crippen LogP contribution in [0.15, 0.2) is 59.3 Å². The first kappa shape index (κ1) is 18.7. The van der Waals surface area contributed by atoms with Gasteiger partial charge in [0.1, 0.15) is 29.0 Å². The average Bonchev–Trinajstić information content (AvgIpc) is 3.29. The van der Waals surface area contributed by atoms with E-state index in [1.165, 1.54) is 18.2 Å². The minimum atomic E-state index is -0.567. The second-order valence-electron chi connectivity index (χ2n) is 6.74. The molecule has 0 radical (unpaired) electrons. The van der Waals surface area contributed by atoms with Crippen molar-refractivity contribution in [1.29, 1.82) is 0 Å². The fourth-order valence-electron chi connectivity index (χ4n) is 3.45. The van der Waals surface area contributed by atoms with Gasteiger partial charge in [0.2, 0.25) is 0 Å². The van der Waals surface area contributed by atoms with Crippen molar-refractivity contribution in [3.8, 4) is 5.75 Å². The molecule has 29 heavy (non-hydrogen) atoms. The van der Waals surface area contributed by atoms with Crippen molar-refractivity contribution in [3.63, 3.8) is 0 Å². The predicted molar refractivity (Wildman–Crippen MR) is 106 cm³/mol. The number of nitrogens with one attached hydrogen (secondary N) is 1. The van der Waals surface area contributed by atoms with E-state index in [0.717, 1.165) is 5.56 Å². The van der Waals surface area contributed by atoms with Crippen LogP contribution in [0.2, 0.25) is 0 Å². The smallest absolute Gasteiger partial charge is 0.288 e. The van der Waals surface area contributed by atoms with Gasteiger partial charge in [-0.1, -0.05) is 18.2 Å². The van der Waals surface area contributed by atoms with Gasteiger partial charge in [-0.05, 0) is 31.2 Å². The Morgan fingerprint density at radius 1 is 1.28 bits per heavy atom. The van der Waals surface area contributed by atoms with Gasteiger partial charge < -0.3 is 19.0 Å². The molecule has 148 valence electrons. The SMILES string of the molecule is COc1ccccc1[C@@H](NC(=O)c1oc2ccc(F)cc2c1C)c1nccn1C. The van der Waals surface area contributed by atoms with Crippen LogP contribution in [0.4, 0.5) is 4.39 Å². The Hall–Kier alpha value is -3.61. The third-order valence-electron chi connectivity index (χ3n) is 4.95. The number of imidazole rings is 1. The summed E-state index contributed by atoms with van der Waals surface area (Å²) >= 11 is 0. The molecule has 7 heteroatoms. The summed E-state index contributed by atoms with van der Waals surface area (Å²) in [6.45, 7) is 1.74. The lowest BCUT2D eigenvalue weighted by Crippen LogP contribution is -2.31. The molecule has 0 spiro atoms. The number of aryl methyl sites for hydroxylation is 2. The van der Waals surface area contributed by atoms with Crippen molar-refractivity contribution < 1.29 is 18.3 Å². The Balaban J connectivity index is 1.76. The third kappa shape index (κ3) is 3.35. The molecule has 0 fully saturated rings. The molecule has 1 amide bonds. The first-order valence-electron chi connectivity index (χ1n) is 9.09. The number of hydrogen-bond acceptors (Lipinski definition) is 4. The number of para-hydroxylation sites is 1. The molecule has 2 aromatic heterocycles. The zero-order valence-corrected chi connectivity index (χ0v) is 16.3. The number of hydrogen-bond donors (Lipinski definition) is 1. The zero-order chi connectivity index (χ0) is 20.5. The number of methoxy groups -OCH3 is 1. The van der Waals surface area contributed by atoms with E-state index in [1.54, 1.807) is 26.4 Å². The summed E-state index contributed by atoms with van der Waals surface area (Å²) in [5.41, 5.74) is 1.80. The molecule has 0 aliphatic carbocycles. The molecule has 1 N–H and O–H groups in total. The summed E-state index contributed by atoms with van der Waals surface area (Å²) in [6.07, 6.45) is 3.47. The van der Waals surface area contributed by atoms with Crippen molar-refractivity contribution in [1.82, 2.24) is 14.9 Å². The number of benzene rings is 2. The van der Waals surface area contributed by atoms with Gasteiger partial charge in [-0.3, -0.25) is 4.79 Å². The highest BCUT2D eigenvalue weighted by Crippen LogP contribution is 2.31. The van der Waals surface area contributed by atoms with E-state index in [-0.39, 0.29) is 11.6 Å². The van der Waals surface area contributed by atoms with Crippen molar-refractivity contribution in [2.24, 2.45) is 7.05 Å². The van der Waals surface area contributed by atoms with E-state index in [2.05, 4.69) is 10.3 Å². The van der Waals surface area contributed by atoms with Gasteiger partial charge in [-0.25, -0.2) is 9.37 Å². The zero-order valence-electron chi connectivity index (χ0n) is 16.3. The number of nitrogens with zero attached hydrogens (tertiary/aromatic N) is 2. The number of amides is 1. The second-order valence-corrected chi connectivity index (χ2v) is 6.74. The molecule has 0 bridgehead atoms. The summed E-state index contributed by atoms with van der Waals surface area (Å²) in [5.74, 6) is 0.609. The second kappa shape index (κ2) is 7.43. The van der Waals surface area contributed by atoms with Crippen LogP contribution in [-0.2, 0) is 7.05 Å². The van der Waals surface area contributed by atoms with Gasteiger partial charge in [0, 0.05) is 36.0 Å². The number of aromatic nitrogens is 2. The Morgan fingerprint density at radius 2 is 2.07 bits per heavy atom. The minimum Gasteiger partial charge on any atom is -0.496 e. The van der Waals surface area contributed by atoms with Crippen molar-refractivity contribution >= 4 is 16.9 Å². The number of carbonyl (C=O) groups excluding carboxylic acids is 1. The van der Waals surface area contributed by atoms with Crippen molar-refractivity contribution in [2.45, 2.75) is 13.0 Å². The van der Waals surface area contributed by atoms with Crippen molar-refractivity contribution in [3.05, 3.63) is 83.4 Å². The fraction of sp³-hybridized carbons (Fsp3) is 0.182. The van der Waals surface area contributed by atoms with E-state index in [0.29, 0.717) is 28.1 Å². The minimum absolute atomic E-state index is 0.139. The van der Waals surface area contributed by atoms with Gasteiger partial charge in [-0.2, -0.15) is 0 Å². The predicted octanol–water partition coefficient (Wildman–Crippen LogP) is 4.14. The Kier molecular flexibility index (Phi) is 4.80. The maximum atomic E-state index is 13.6. The fourth-order valence-corrected chi connectivity index (χ4v) is 3.45. The van der Waals surface area contributed by atoms with Crippen LogP contribution in [-0.4, -0.2) is 22.6 Å². The first-order valence-corrected chi connectivity index (χ1v) is 9.09. The molecule has 2 aromatic carbocycles. The molecule has 2 heterocycles. The average molecular weight is 393 g/mol. The number of halogens is 1. The Labute approximate surface area is 166 Å². The van der Waals surface area contributed by atoms with Crippen molar-refractivity contribution in [2.75, 3.05) is 7.11 Å². The molecular formula is C22H20FN3O3. The van der Waals surface area contributed by atoms with E-state index >= 15 is 0 Å². The third-order valence-corrected chi connectivity index (χ3v) is 4.95. The van der Waals surface area contributed by atoms with Gasteiger partial charge in [0.05, 0.1) is 7.11 Å². The summed E-state index contributed by atoms with van der Waals surface area (Å²) < 4.78 is 26.6. The van der Waals surface area contributed by atoms with Gasteiger partial charge in [0.15, 0.2) is 5.76 Å². The van der Waals surface area contributed by atoms with Gasteiger partial charge in [-0.15, -0.1) is 0 Å². The highest BCUT2D eigenvalue weighted by Gasteiger charge is 2.27. The van der Waals surface area contributed by atoms with E-state index in [4.69, 9.17) is 9.15 Å². The molecule has 0 unspecified atom stereocenters. The molecule has 0 aliphatic heterocycles. The Morgan fingerprint density at radius 3 is 2.79 bits per heavy atom. The quantitative estimate of drug-likeness (QED) is 0.553. The number of carbonyl (C=O) groups is 1. The maximum Gasteiger partial charge on any atom is 0.288 e. The van der Waals surface area contributed by atoms with Crippen LogP contribution in [0.5, 0.6) is 5.75 Å². The van der Waals surface area contributed by atoms with Crippen LogP contribution < -0.4 is 10.1 Å². The molecule has 0 aliphatic rings. The topological polar surface area (TPSA) is 69.3 Å². The molecule has 4 rings (SSSR count). The largest absolute Gasteiger partial charge is 0.496 e. The molecular weight excluding hydrogens is 373 g/mol.